The van der Waals surface area contributed by atoms with Gasteiger partial charge in [0, 0.05) is 131 Å². The molecular formula is C108H70B4N8O. The molecule has 121 heavy (non-hydrogen) atoms. The fourth-order valence-electron chi connectivity index (χ4n) is 21.6. The third-order valence-electron chi connectivity index (χ3n) is 26.3. The van der Waals surface area contributed by atoms with Gasteiger partial charge < -0.3 is 43.9 Å². The van der Waals surface area contributed by atoms with Gasteiger partial charge in [0.05, 0.1) is 11.4 Å². The highest BCUT2D eigenvalue weighted by molar-refractivity contribution is 7.06. The van der Waals surface area contributed by atoms with Gasteiger partial charge in [0.2, 0.25) is 0 Å². The zero-order chi connectivity index (χ0) is 79.1. The Hall–Kier alpha value is -15.6. The average Bonchev–Trinajstić information content (AvgIpc) is 0.665. The van der Waals surface area contributed by atoms with E-state index in [-0.39, 0.29) is 26.9 Å². The van der Waals surface area contributed by atoms with E-state index >= 15 is 0 Å². The first-order chi connectivity index (χ1) is 60.1. The van der Waals surface area contributed by atoms with Crippen LogP contribution in [0.25, 0.3) is 0 Å². The summed E-state index contributed by atoms with van der Waals surface area (Å²) < 4.78 is 7.70. The van der Waals surface area contributed by atoms with E-state index in [0.717, 1.165) is 153 Å². The maximum atomic E-state index is 7.70. The molecule has 560 valence electrons. The van der Waals surface area contributed by atoms with E-state index in [4.69, 9.17) is 4.74 Å². The summed E-state index contributed by atoms with van der Waals surface area (Å²) in [5.74, 6) is 1.71. The fraction of sp³-hybridized carbons (Fsp3) is 0. The number of ether oxygens (including phenoxy) is 1. The fourth-order valence-corrected chi connectivity index (χ4v) is 21.6. The van der Waals surface area contributed by atoms with E-state index in [9.17, 15) is 0 Å². The second-order valence-electron chi connectivity index (χ2n) is 32.6. The van der Waals surface area contributed by atoms with Crippen LogP contribution in [0, 0.1) is 0 Å². The molecule has 8 aliphatic heterocycles. The molecule has 0 N–H and O–H groups in total. The number of hydrogen-bond acceptors (Lipinski definition) is 9. The molecule has 18 aromatic rings. The molecule has 9 nitrogen and oxygen atoms in total. The van der Waals surface area contributed by atoms with E-state index < -0.39 is 0 Å². The van der Waals surface area contributed by atoms with E-state index in [2.05, 4.69) is 464 Å². The zero-order valence-electron chi connectivity index (χ0n) is 65.7. The third-order valence-corrected chi connectivity index (χ3v) is 26.3. The Balaban J connectivity index is 0.746. The van der Waals surface area contributed by atoms with E-state index in [0.29, 0.717) is 0 Å². The molecule has 0 atom stereocenters. The summed E-state index contributed by atoms with van der Waals surface area (Å²) in [4.78, 5) is 20.4. The van der Waals surface area contributed by atoms with Gasteiger partial charge in [-0.05, 0) is 235 Å². The number of nitrogens with zero attached hydrogens (tertiary/aromatic N) is 8. The van der Waals surface area contributed by atoms with Crippen molar-refractivity contribution in [1.29, 1.82) is 0 Å². The van der Waals surface area contributed by atoms with Crippen LogP contribution in [0.3, 0.4) is 0 Å². The lowest BCUT2D eigenvalue weighted by molar-refractivity contribution is 0.488. The molecular weight excluding hydrogens is 1470 g/mol. The third kappa shape index (κ3) is 9.91. The van der Waals surface area contributed by atoms with Crippen LogP contribution in [0.15, 0.2) is 425 Å². The number of rotatable bonds is 11. The summed E-state index contributed by atoms with van der Waals surface area (Å²) in [5.41, 5.74) is 41.1. The second kappa shape index (κ2) is 26.5. The highest BCUT2D eigenvalue weighted by Gasteiger charge is 2.55. The summed E-state index contributed by atoms with van der Waals surface area (Å²) in [5, 5.41) is 0. The summed E-state index contributed by atoms with van der Waals surface area (Å²) in [6.07, 6.45) is 0. The van der Waals surface area contributed by atoms with E-state index in [1.54, 1.807) is 0 Å². The first-order valence-electron chi connectivity index (χ1n) is 41.9. The molecule has 8 heterocycles. The lowest BCUT2D eigenvalue weighted by Crippen LogP contribution is -2.69. The Kier molecular flexibility index (Phi) is 14.8. The predicted molar refractivity (Wildman–Crippen MR) is 509 cm³/mol. The number of anilines is 24. The Labute approximate surface area is 704 Å². The molecule has 0 aliphatic carbocycles. The molecule has 0 amide bonds. The van der Waals surface area contributed by atoms with Crippen molar-refractivity contribution in [2.75, 3.05) is 39.2 Å². The van der Waals surface area contributed by atoms with Crippen LogP contribution in [0.4, 0.5) is 136 Å². The Morgan fingerprint density at radius 1 is 0.165 bits per heavy atom. The highest BCUT2D eigenvalue weighted by Crippen LogP contribution is 2.55. The second-order valence-corrected chi connectivity index (χ2v) is 32.6. The standard InChI is InChI=1S/C108H70B4N8O/c1-10-36-71(37-11-1)113(72-38-12-2-13-39-72)80-62-97-104-99(64-80)117(77-48-22-7-23-49-77)93-68-94-88(66-86(93)109(104)82-54-28-32-58-90(82)115(97)75-44-18-5-19-45-75)111-84-56-30-34-60-92(84)120-96-69-95-87(67-89(96)112-85-57-31-35-61-102(85)121-103-70-101(106(111)108(120)107(103)112)119(94)79-52-26-9-27-53-79)110-83-55-29-33-59-91(83)116(76-46-20-6-21-47-76)98-63-81(65-100(105(98)110)118(95)78-50-24-8-25-51-78)114(73-40-14-3-15-41-73)74-42-16-4-17-43-74/h1-70H. The van der Waals surface area contributed by atoms with Crippen molar-refractivity contribution in [3.8, 4) is 11.5 Å². The van der Waals surface area contributed by atoms with Gasteiger partial charge in [-0.2, -0.15) is 0 Å². The molecule has 0 radical (unpaired) electrons. The summed E-state index contributed by atoms with van der Waals surface area (Å²) in [7, 11) is 0. The van der Waals surface area contributed by atoms with Crippen LogP contribution in [0.5, 0.6) is 11.5 Å². The predicted octanol–water partition coefficient (Wildman–Crippen LogP) is 19.8. The topological polar surface area (TPSA) is 35.2 Å². The van der Waals surface area contributed by atoms with Crippen LogP contribution < -0.4 is 109 Å². The molecule has 0 fully saturated rings. The molecule has 18 aromatic carbocycles. The van der Waals surface area contributed by atoms with Crippen LogP contribution >= 0.6 is 0 Å². The van der Waals surface area contributed by atoms with Crippen LogP contribution in [-0.2, 0) is 0 Å². The Bertz CT molecular complexity index is 7190. The Morgan fingerprint density at radius 2 is 0.421 bits per heavy atom. The molecule has 0 saturated heterocycles. The molecule has 0 aromatic heterocycles. The highest BCUT2D eigenvalue weighted by atomic mass is 16.5. The van der Waals surface area contributed by atoms with Crippen LogP contribution in [0.1, 0.15) is 0 Å². The lowest BCUT2D eigenvalue weighted by Gasteiger charge is -2.51. The van der Waals surface area contributed by atoms with Crippen molar-refractivity contribution < 1.29 is 4.74 Å². The number of benzene rings is 18. The molecule has 0 saturated carbocycles. The lowest BCUT2D eigenvalue weighted by atomic mass is 9.27. The van der Waals surface area contributed by atoms with Crippen molar-refractivity contribution in [2.45, 2.75) is 0 Å². The zero-order valence-corrected chi connectivity index (χ0v) is 65.7. The first kappa shape index (κ1) is 67.6. The van der Waals surface area contributed by atoms with E-state index in [1.165, 1.54) is 60.1 Å². The molecule has 0 unspecified atom stereocenters. The van der Waals surface area contributed by atoms with Crippen molar-refractivity contribution in [1.82, 2.24) is 0 Å². The minimum absolute atomic E-state index is 0.199. The van der Waals surface area contributed by atoms with Crippen molar-refractivity contribution in [2.24, 2.45) is 0 Å². The van der Waals surface area contributed by atoms with Crippen molar-refractivity contribution >= 4 is 229 Å². The van der Waals surface area contributed by atoms with Gasteiger partial charge in [-0.25, -0.2) is 0 Å². The molecule has 13 heteroatoms. The van der Waals surface area contributed by atoms with Gasteiger partial charge in [-0.3, -0.25) is 0 Å². The number of hydrogen-bond donors (Lipinski definition) is 0. The molecule has 0 bridgehead atoms. The minimum Gasteiger partial charge on any atom is -0.458 e. The summed E-state index contributed by atoms with van der Waals surface area (Å²) in [6, 6.07) is 158. The van der Waals surface area contributed by atoms with Crippen molar-refractivity contribution in [3.05, 3.63) is 425 Å². The SMILES string of the molecule is c1ccc(N(c2ccccc2)c2cc3c4c(c2)N(c2ccccc2)c2cc5c(cc2B4c2ccccc2N3c2ccccc2)B2c3ccccc3N3c4cc6c(cc4B4c7ccccc7Oc7cc(c2c3c74)N5c2ccccc2)B2c3ccccc3N(c3ccccc3)c3cc(N(c4ccccc4)c4ccccc4)cc(c32)N6c2ccccc2)cc1. The summed E-state index contributed by atoms with van der Waals surface area (Å²) in [6.45, 7) is -0.918. The summed E-state index contributed by atoms with van der Waals surface area (Å²) >= 11 is 0. The number of para-hydroxylation sites is 13. The van der Waals surface area contributed by atoms with Gasteiger partial charge in [-0.1, -0.05) is 249 Å². The van der Waals surface area contributed by atoms with Gasteiger partial charge in [0.15, 0.2) is 0 Å². The maximum Gasteiger partial charge on any atom is 0.256 e. The minimum atomic E-state index is -0.258. The smallest absolute Gasteiger partial charge is 0.256 e. The van der Waals surface area contributed by atoms with Crippen molar-refractivity contribution in [3.63, 3.8) is 0 Å². The van der Waals surface area contributed by atoms with E-state index in [1.807, 2.05) is 0 Å². The van der Waals surface area contributed by atoms with Gasteiger partial charge in [0.1, 0.15) is 11.5 Å². The van der Waals surface area contributed by atoms with Crippen LogP contribution in [0.2, 0.25) is 0 Å². The number of fused-ring (bicyclic) bond motifs is 18. The monoisotopic (exact) mass is 1540 g/mol. The molecule has 0 spiro atoms. The normalized spacial score (nSPS) is 13.7. The maximum absolute atomic E-state index is 7.70. The molecule has 26 rings (SSSR count). The van der Waals surface area contributed by atoms with Gasteiger partial charge in [-0.15, -0.1) is 0 Å². The molecule has 8 aliphatic rings. The van der Waals surface area contributed by atoms with Crippen LogP contribution in [-0.4, -0.2) is 26.9 Å². The first-order valence-corrected chi connectivity index (χ1v) is 41.9. The quantitative estimate of drug-likeness (QED) is 0.118. The van der Waals surface area contributed by atoms with Gasteiger partial charge in [0.25, 0.3) is 26.9 Å². The Morgan fingerprint density at radius 3 is 0.769 bits per heavy atom. The average molecular weight is 1540 g/mol. The largest absolute Gasteiger partial charge is 0.458 e. The van der Waals surface area contributed by atoms with Gasteiger partial charge >= 0.3 is 0 Å².